The zero-order valence-electron chi connectivity index (χ0n) is 13.9. The Kier molecular flexibility index (Phi) is 6.25. The van der Waals surface area contributed by atoms with E-state index in [4.69, 9.17) is 26.8 Å². The summed E-state index contributed by atoms with van der Waals surface area (Å²) >= 11 is 5.81. The average molecular weight is 363 g/mol. The Morgan fingerprint density at radius 1 is 1.20 bits per heavy atom. The molecule has 0 bridgehead atoms. The van der Waals surface area contributed by atoms with Gasteiger partial charge in [0.15, 0.2) is 6.10 Å². The molecule has 0 saturated carbocycles. The van der Waals surface area contributed by atoms with Crippen LogP contribution < -0.4 is 15.8 Å². The summed E-state index contributed by atoms with van der Waals surface area (Å²) in [6, 6.07) is 11.3. The standard InChI is InChI=1S/C18H19ClN2O4/c1-3-24-14-7-5-13(6-8-14)21-17(22)11(2)25-18(23)12-4-9-15(19)16(20)10-12/h4-11H,3,20H2,1-2H3,(H,21,22). The van der Waals surface area contributed by atoms with Gasteiger partial charge in [-0.2, -0.15) is 0 Å². The predicted octanol–water partition coefficient (Wildman–Crippen LogP) is 3.50. The van der Waals surface area contributed by atoms with Gasteiger partial charge < -0.3 is 20.5 Å². The SMILES string of the molecule is CCOc1ccc(NC(=O)C(C)OC(=O)c2ccc(Cl)c(N)c2)cc1. The average Bonchev–Trinajstić information content (AvgIpc) is 2.59. The van der Waals surface area contributed by atoms with Crippen LogP contribution in [0.15, 0.2) is 42.5 Å². The highest BCUT2D eigenvalue weighted by Gasteiger charge is 2.19. The summed E-state index contributed by atoms with van der Waals surface area (Å²) < 4.78 is 10.5. The van der Waals surface area contributed by atoms with Crippen molar-refractivity contribution in [3.8, 4) is 5.75 Å². The van der Waals surface area contributed by atoms with Crippen LogP contribution in [0.25, 0.3) is 0 Å². The van der Waals surface area contributed by atoms with Crippen molar-refractivity contribution in [1.82, 2.24) is 0 Å². The third kappa shape index (κ3) is 5.12. The second-order valence-electron chi connectivity index (χ2n) is 5.23. The molecule has 0 fully saturated rings. The third-order valence-electron chi connectivity index (χ3n) is 3.32. The molecule has 3 N–H and O–H groups in total. The lowest BCUT2D eigenvalue weighted by atomic mass is 10.2. The molecule has 0 radical (unpaired) electrons. The molecule has 1 atom stereocenters. The number of carbonyl (C=O) groups excluding carboxylic acids is 2. The number of amides is 1. The zero-order valence-corrected chi connectivity index (χ0v) is 14.7. The van der Waals surface area contributed by atoms with Gasteiger partial charge in [0.05, 0.1) is 22.9 Å². The molecule has 7 heteroatoms. The number of benzene rings is 2. The Morgan fingerprint density at radius 2 is 1.88 bits per heavy atom. The Hall–Kier alpha value is -2.73. The van der Waals surface area contributed by atoms with Crippen LogP contribution in [0.4, 0.5) is 11.4 Å². The number of nitrogen functional groups attached to an aromatic ring is 1. The van der Waals surface area contributed by atoms with Gasteiger partial charge in [-0.15, -0.1) is 0 Å². The van der Waals surface area contributed by atoms with E-state index in [1.165, 1.54) is 25.1 Å². The summed E-state index contributed by atoms with van der Waals surface area (Å²) in [6.45, 7) is 3.94. The minimum Gasteiger partial charge on any atom is -0.494 e. The summed E-state index contributed by atoms with van der Waals surface area (Å²) in [5, 5.41) is 3.02. The molecule has 0 spiro atoms. The largest absolute Gasteiger partial charge is 0.494 e. The quantitative estimate of drug-likeness (QED) is 0.606. The summed E-state index contributed by atoms with van der Waals surface area (Å²) in [6.07, 6.45) is -0.976. The maximum absolute atomic E-state index is 12.1. The topological polar surface area (TPSA) is 90.6 Å². The predicted molar refractivity (Wildman–Crippen MR) is 97.0 cm³/mol. The molecule has 0 aliphatic carbocycles. The molecule has 0 aliphatic rings. The number of nitrogens with one attached hydrogen (secondary N) is 1. The normalized spacial score (nSPS) is 11.5. The van der Waals surface area contributed by atoms with Gasteiger partial charge in [0.1, 0.15) is 5.75 Å². The second kappa shape index (κ2) is 8.39. The summed E-state index contributed by atoms with van der Waals surface area (Å²) in [5.74, 6) is -0.391. The fraction of sp³-hybridized carbons (Fsp3) is 0.222. The van der Waals surface area contributed by atoms with Crippen LogP contribution >= 0.6 is 11.6 Å². The first-order valence-electron chi connectivity index (χ1n) is 7.70. The smallest absolute Gasteiger partial charge is 0.338 e. The number of carbonyl (C=O) groups is 2. The number of hydrogen-bond donors (Lipinski definition) is 2. The van der Waals surface area contributed by atoms with E-state index in [0.29, 0.717) is 23.1 Å². The van der Waals surface area contributed by atoms with E-state index in [1.54, 1.807) is 24.3 Å². The van der Waals surface area contributed by atoms with Gasteiger partial charge >= 0.3 is 5.97 Å². The Morgan fingerprint density at radius 3 is 2.48 bits per heavy atom. The lowest BCUT2D eigenvalue weighted by molar-refractivity contribution is -0.123. The van der Waals surface area contributed by atoms with Crippen molar-refractivity contribution >= 4 is 34.9 Å². The van der Waals surface area contributed by atoms with Gasteiger partial charge in [0.25, 0.3) is 5.91 Å². The van der Waals surface area contributed by atoms with Crippen LogP contribution in [0.3, 0.4) is 0 Å². The molecule has 2 rings (SSSR count). The molecule has 0 heterocycles. The molecular weight excluding hydrogens is 344 g/mol. The molecule has 6 nitrogen and oxygen atoms in total. The fourth-order valence-corrected chi connectivity index (χ4v) is 2.12. The molecule has 25 heavy (non-hydrogen) atoms. The summed E-state index contributed by atoms with van der Waals surface area (Å²) in [7, 11) is 0. The molecule has 0 aromatic heterocycles. The lowest BCUT2D eigenvalue weighted by Gasteiger charge is -2.14. The Balaban J connectivity index is 1.94. The summed E-state index contributed by atoms with van der Waals surface area (Å²) in [4.78, 5) is 24.2. The number of rotatable bonds is 6. The Labute approximate surface area is 150 Å². The number of hydrogen-bond acceptors (Lipinski definition) is 5. The van der Waals surface area contributed by atoms with Crippen LogP contribution in [-0.2, 0) is 9.53 Å². The van der Waals surface area contributed by atoms with Crippen molar-refractivity contribution in [3.05, 3.63) is 53.1 Å². The minimum absolute atomic E-state index is 0.225. The van der Waals surface area contributed by atoms with E-state index in [1.807, 2.05) is 6.92 Å². The Bertz CT molecular complexity index is 762. The minimum atomic E-state index is -0.976. The number of anilines is 2. The van der Waals surface area contributed by atoms with Crippen molar-refractivity contribution in [3.63, 3.8) is 0 Å². The van der Waals surface area contributed by atoms with Crippen LogP contribution in [0.5, 0.6) is 5.75 Å². The maximum Gasteiger partial charge on any atom is 0.338 e. The fourth-order valence-electron chi connectivity index (χ4n) is 2.00. The monoisotopic (exact) mass is 362 g/mol. The first kappa shape index (κ1) is 18.6. The molecule has 1 unspecified atom stereocenters. The number of nitrogens with two attached hydrogens (primary N) is 1. The van der Waals surface area contributed by atoms with Crippen LogP contribution in [0.1, 0.15) is 24.2 Å². The van der Waals surface area contributed by atoms with Crippen molar-refractivity contribution in [1.29, 1.82) is 0 Å². The van der Waals surface area contributed by atoms with E-state index >= 15 is 0 Å². The van der Waals surface area contributed by atoms with Gasteiger partial charge in [0, 0.05) is 5.69 Å². The van der Waals surface area contributed by atoms with E-state index in [0.717, 1.165) is 0 Å². The van der Waals surface area contributed by atoms with E-state index in [2.05, 4.69) is 5.32 Å². The van der Waals surface area contributed by atoms with Crippen molar-refractivity contribution < 1.29 is 19.1 Å². The molecule has 2 aromatic rings. The molecule has 2 aromatic carbocycles. The number of ether oxygens (including phenoxy) is 2. The zero-order chi connectivity index (χ0) is 18.4. The molecule has 1 amide bonds. The van der Waals surface area contributed by atoms with Crippen LogP contribution in [-0.4, -0.2) is 24.6 Å². The molecule has 0 aliphatic heterocycles. The van der Waals surface area contributed by atoms with Gasteiger partial charge in [0.2, 0.25) is 0 Å². The van der Waals surface area contributed by atoms with E-state index < -0.39 is 18.0 Å². The van der Waals surface area contributed by atoms with Gasteiger partial charge in [-0.05, 0) is 56.3 Å². The van der Waals surface area contributed by atoms with Crippen molar-refractivity contribution in [2.45, 2.75) is 20.0 Å². The number of halogens is 1. The first-order chi connectivity index (χ1) is 11.9. The molecule has 0 saturated heterocycles. The summed E-state index contributed by atoms with van der Waals surface area (Å²) in [5.41, 5.74) is 6.72. The highest BCUT2D eigenvalue weighted by molar-refractivity contribution is 6.33. The van der Waals surface area contributed by atoms with Crippen molar-refractivity contribution in [2.75, 3.05) is 17.7 Å². The lowest BCUT2D eigenvalue weighted by Crippen LogP contribution is -2.30. The van der Waals surface area contributed by atoms with Crippen LogP contribution in [0, 0.1) is 0 Å². The third-order valence-corrected chi connectivity index (χ3v) is 3.66. The van der Waals surface area contributed by atoms with E-state index in [-0.39, 0.29) is 11.3 Å². The molecular formula is C18H19ClN2O4. The first-order valence-corrected chi connectivity index (χ1v) is 8.08. The van der Waals surface area contributed by atoms with Crippen molar-refractivity contribution in [2.24, 2.45) is 0 Å². The van der Waals surface area contributed by atoms with E-state index in [9.17, 15) is 9.59 Å². The van der Waals surface area contributed by atoms with Gasteiger partial charge in [-0.1, -0.05) is 11.6 Å². The van der Waals surface area contributed by atoms with Gasteiger partial charge in [-0.3, -0.25) is 4.79 Å². The number of esters is 1. The highest BCUT2D eigenvalue weighted by Crippen LogP contribution is 2.20. The maximum atomic E-state index is 12.1. The van der Waals surface area contributed by atoms with Crippen LogP contribution in [0.2, 0.25) is 5.02 Å². The second-order valence-corrected chi connectivity index (χ2v) is 5.64. The highest BCUT2D eigenvalue weighted by atomic mass is 35.5. The van der Waals surface area contributed by atoms with Gasteiger partial charge in [-0.25, -0.2) is 4.79 Å². The molecule has 132 valence electrons.